The molecule has 18 heavy (non-hydrogen) atoms. The summed E-state index contributed by atoms with van der Waals surface area (Å²) >= 11 is 0. The number of nitrogens with zero attached hydrogens (tertiary/aromatic N) is 2. The van der Waals surface area contributed by atoms with Crippen molar-refractivity contribution in [3.05, 3.63) is 35.2 Å². The van der Waals surface area contributed by atoms with Crippen molar-refractivity contribution in [2.75, 3.05) is 7.11 Å². The van der Waals surface area contributed by atoms with Crippen LogP contribution in [0.2, 0.25) is 0 Å². The van der Waals surface area contributed by atoms with Gasteiger partial charge in [-0.05, 0) is 37.1 Å². The van der Waals surface area contributed by atoms with E-state index in [-0.39, 0.29) is 0 Å². The Morgan fingerprint density at radius 2 is 2.22 bits per heavy atom. The molecule has 1 heterocycles. The number of aromatic nitrogens is 2. The summed E-state index contributed by atoms with van der Waals surface area (Å²) in [6, 6.07) is 7.98. The lowest BCUT2D eigenvalue weighted by Gasteiger charge is -2.07. The Kier molecular flexibility index (Phi) is 3.33. The second-order valence-electron chi connectivity index (χ2n) is 4.05. The van der Waals surface area contributed by atoms with Gasteiger partial charge in [0.25, 0.3) is 0 Å². The molecule has 4 nitrogen and oxygen atoms in total. The topological polar surface area (TPSA) is 61.7 Å². The van der Waals surface area contributed by atoms with Crippen molar-refractivity contribution in [1.82, 2.24) is 9.97 Å². The second-order valence-corrected chi connectivity index (χ2v) is 4.05. The van der Waals surface area contributed by atoms with Gasteiger partial charge in [-0.15, -0.1) is 0 Å². The SMILES string of the molecule is CCc1cc(-c2nc(C#N)c(C)[nH]2)ccc1OC. The zero-order valence-electron chi connectivity index (χ0n) is 10.7. The molecule has 0 aliphatic heterocycles. The zero-order valence-corrected chi connectivity index (χ0v) is 10.7. The van der Waals surface area contributed by atoms with E-state index >= 15 is 0 Å². The lowest BCUT2D eigenvalue weighted by atomic mass is 10.1. The number of benzene rings is 1. The molecule has 92 valence electrons. The van der Waals surface area contributed by atoms with Crippen LogP contribution in [0.5, 0.6) is 5.75 Å². The fourth-order valence-electron chi connectivity index (χ4n) is 1.91. The molecular formula is C14H15N3O. The van der Waals surface area contributed by atoms with E-state index in [1.165, 1.54) is 0 Å². The van der Waals surface area contributed by atoms with Crippen molar-refractivity contribution in [3.63, 3.8) is 0 Å². The molecule has 2 rings (SSSR count). The molecule has 0 aliphatic rings. The van der Waals surface area contributed by atoms with Gasteiger partial charge in [-0.25, -0.2) is 4.98 Å². The molecule has 0 bridgehead atoms. The van der Waals surface area contributed by atoms with Gasteiger partial charge in [-0.1, -0.05) is 6.92 Å². The molecule has 0 fully saturated rings. The number of ether oxygens (including phenoxy) is 1. The summed E-state index contributed by atoms with van der Waals surface area (Å²) in [5.74, 6) is 1.60. The summed E-state index contributed by atoms with van der Waals surface area (Å²) < 4.78 is 5.29. The molecule has 2 aromatic rings. The Labute approximate surface area is 106 Å². The minimum absolute atomic E-state index is 0.443. The van der Waals surface area contributed by atoms with Crippen LogP contribution in [0, 0.1) is 18.3 Å². The molecule has 0 saturated carbocycles. The molecule has 0 spiro atoms. The van der Waals surface area contributed by atoms with Crippen LogP contribution in [0.3, 0.4) is 0 Å². The average molecular weight is 241 g/mol. The highest BCUT2D eigenvalue weighted by molar-refractivity contribution is 5.60. The van der Waals surface area contributed by atoms with Gasteiger partial charge in [-0.3, -0.25) is 0 Å². The quantitative estimate of drug-likeness (QED) is 0.898. The molecule has 0 amide bonds. The van der Waals surface area contributed by atoms with E-state index in [2.05, 4.69) is 23.0 Å². The molecule has 0 aliphatic carbocycles. The number of methoxy groups -OCH3 is 1. The van der Waals surface area contributed by atoms with Crippen LogP contribution in [-0.4, -0.2) is 17.1 Å². The van der Waals surface area contributed by atoms with E-state index in [9.17, 15) is 0 Å². The monoisotopic (exact) mass is 241 g/mol. The van der Waals surface area contributed by atoms with E-state index in [1.807, 2.05) is 25.1 Å². The lowest BCUT2D eigenvalue weighted by molar-refractivity contribution is 0.410. The van der Waals surface area contributed by atoms with Crippen molar-refractivity contribution in [2.24, 2.45) is 0 Å². The smallest absolute Gasteiger partial charge is 0.161 e. The third-order valence-electron chi connectivity index (χ3n) is 2.93. The highest BCUT2D eigenvalue weighted by atomic mass is 16.5. The summed E-state index contributed by atoms with van der Waals surface area (Å²) in [6.45, 7) is 3.93. The third kappa shape index (κ3) is 2.07. The maximum Gasteiger partial charge on any atom is 0.161 e. The van der Waals surface area contributed by atoms with Crippen LogP contribution in [-0.2, 0) is 6.42 Å². The first-order chi connectivity index (χ1) is 8.69. The molecule has 0 unspecified atom stereocenters. The first-order valence-corrected chi connectivity index (χ1v) is 5.83. The van der Waals surface area contributed by atoms with Crippen molar-refractivity contribution in [2.45, 2.75) is 20.3 Å². The summed E-state index contributed by atoms with van der Waals surface area (Å²) in [7, 11) is 1.67. The number of imidazole rings is 1. The third-order valence-corrected chi connectivity index (χ3v) is 2.93. The zero-order chi connectivity index (χ0) is 13.1. The van der Waals surface area contributed by atoms with E-state index in [0.717, 1.165) is 34.8 Å². The highest BCUT2D eigenvalue weighted by Gasteiger charge is 2.10. The molecule has 4 heteroatoms. The standard InChI is InChI=1S/C14H15N3O/c1-4-10-7-11(5-6-13(10)18-3)14-16-9(2)12(8-15)17-14/h5-7H,4H2,1-3H3,(H,16,17). The lowest BCUT2D eigenvalue weighted by Crippen LogP contribution is -1.91. The largest absolute Gasteiger partial charge is 0.496 e. The Morgan fingerprint density at radius 3 is 2.78 bits per heavy atom. The van der Waals surface area contributed by atoms with Gasteiger partial charge in [0, 0.05) is 5.56 Å². The van der Waals surface area contributed by atoms with Crippen molar-refractivity contribution in [1.29, 1.82) is 5.26 Å². The minimum Gasteiger partial charge on any atom is -0.496 e. The average Bonchev–Trinajstić information content (AvgIpc) is 2.79. The highest BCUT2D eigenvalue weighted by Crippen LogP contribution is 2.26. The molecular weight excluding hydrogens is 226 g/mol. The fraction of sp³-hybridized carbons (Fsp3) is 0.286. The summed E-state index contributed by atoms with van der Waals surface area (Å²) in [5.41, 5.74) is 3.33. The second kappa shape index (κ2) is 4.92. The van der Waals surface area contributed by atoms with Gasteiger partial charge in [-0.2, -0.15) is 5.26 Å². The van der Waals surface area contributed by atoms with Gasteiger partial charge >= 0.3 is 0 Å². The van der Waals surface area contributed by atoms with Crippen LogP contribution in [0.4, 0.5) is 0 Å². The van der Waals surface area contributed by atoms with Crippen LogP contribution in [0.1, 0.15) is 23.9 Å². The summed E-state index contributed by atoms with van der Waals surface area (Å²) in [5, 5.41) is 8.91. The van der Waals surface area contributed by atoms with Crippen molar-refractivity contribution in [3.8, 4) is 23.2 Å². The Balaban J connectivity index is 2.48. The Morgan fingerprint density at radius 1 is 1.44 bits per heavy atom. The summed E-state index contributed by atoms with van der Waals surface area (Å²) in [6.07, 6.45) is 0.891. The molecule has 1 aromatic heterocycles. The predicted octanol–water partition coefficient (Wildman–Crippen LogP) is 2.83. The number of aromatic amines is 1. The van der Waals surface area contributed by atoms with Crippen LogP contribution >= 0.6 is 0 Å². The molecule has 0 atom stereocenters. The number of nitriles is 1. The van der Waals surface area contributed by atoms with Gasteiger partial charge in [0.05, 0.1) is 12.8 Å². The normalized spacial score (nSPS) is 10.1. The van der Waals surface area contributed by atoms with Gasteiger partial charge in [0.15, 0.2) is 5.69 Å². The van der Waals surface area contributed by atoms with Crippen LogP contribution in [0.15, 0.2) is 18.2 Å². The summed E-state index contributed by atoms with van der Waals surface area (Å²) in [4.78, 5) is 7.40. The first kappa shape index (κ1) is 12.2. The number of hydrogen-bond donors (Lipinski definition) is 1. The van der Waals surface area contributed by atoms with Crippen molar-refractivity contribution >= 4 is 0 Å². The molecule has 1 aromatic carbocycles. The Hall–Kier alpha value is -2.28. The van der Waals surface area contributed by atoms with Gasteiger partial charge < -0.3 is 9.72 Å². The van der Waals surface area contributed by atoms with E-state index in [1.54, 1.807) is 7.11 Å². The minimum atomic E-state index is 0.443. The number of rotatable bonds is 3. The van der Waals surface area contributed by atoms with Crippen LogP contribution in [0.25, 0.3) is 11.4 Å². The first-order valence-electron chi connectivity index (χ1n) is 5.83. The number of H-pyrrole nitrogens is 1. The number of nitrogens with one attached hydrogen (secondary N) is 1. The predicted molar refractivity (Wildman–Crippen MR) is 69.4 cm³/mol. The van der Waals surface area contributed by atoms with E-state index in [0.29, 0.717) is 5.69 Å². The maximum absolute atomic E-state index is 8.91. The maximum atomic E-state index is 8.91. The van der Waals surface area contributed by atoms with E-state index < -0.39 is 0 Å². The molecule has 0 radical (unpaired) electrons. The van der Waals surface area contributed by atoms with Gasteiger partial charge in [0.2, 0.25) is 0 Å². The van der Waals surface area contributed by atoms with E-state index in [4.69, 9.17) is 10.00 Å². The number of aryl methyl sites for hydroxylation is 2. The molecule has 0 saturated heterocycles. The number of hydrogen-bond acceptors (Lipinski definition) is 3. The Bertz CT molecular complexity index is 608. The molecule has 1 N–H and O–H groups in total. The van der Waals surface area contributed by atoms with Crippen molar-refractivity contribution < 1.29 is 4.74 Å². The fourth-order valence-corrected chi connectivity index (χ4v) is 1.91. The van der Waals surface area contributed by atoms with Crippen LogP contribution < -0.4 is 4.74 Å². The van der Waals surface area contributed by atoms with Gasteiger partial charge in [0.1, 0.15) is 17.6 Å².